The molecule has 0 spiro atoms. The highest BCUT2D eigenvalue weighted by atomic mass is 16.5. The van der Waals surface area contributed by atoms with E-state index in [9.17, 15) is 14.7 Å². The fraction of sp³-hybridized carbons (Fsp3) is 0.450. The van der Waals surface area contributed by atoms with Crippen molar-refractivity contribution in [1.29, 1.82) is 0 Å². The van der Waals surface area contributed by atoms with E-state index in [4.69, 9.17) is 9.72 Å². The predicted molar refractivity (Wildman–Crippen MR) is 96.5 cm³/mol. The SMILES string of the molecule is Cc1cc(C)c2nc(C3CC3)cc(C(=O)N3CCO[C@@H](C(=O)O)C3)c2c1. The quantitative estimate of drug-likeness (QED) is 0.917. The van der Waals surface area contributed by atoms with Gasteiger partial charge in [-0.2, -0.15) is 0 Å². The van der Waals surface area contributed by atoms with Crippen molar-refractivity contribution in [1.82, 2.24) is 9.88 Å². The smallest absolute Gasteiger partial charge is 0.334 e. The molecule has 1 aliphatic heterocycles. The monoisotopic (exact) mass is 354 g/mol. The molecule has 1 N–H and O–H groups in total. The summed E-state index contributed by atoms with van der Waals surface area (Å²) < 4.78 is 5.25. The molecule has 1 saturated carbocycles. The molecular weight excluding hydrogens is 332 g/mol. The number of fused-ring (bicyclic) bond motifs is 1. The molecule has 1 atom stereocenters. The highest BCUT2D eigenvalue weighted by Gasteiger charge is 2.32. The average Bonchev–Trinajstić information content (AvgIpc) is 3.45. The van der Waals surface area contributed by atoms with Crippen molar-refractivity contribution in [2.75, 3.05) is 19.7 Å². The van der Waals surface area contributed by atoms with Gasteiger partial charge in [-0.15, -0.1) is 0 Å². The minimum absolute atomic E-state index is 0.0710. The Labute approximate surface area is 151 Å². The van der Waals surface area contributed by atoms with Crippen molar-refractivity contribution in [3.63, 3.8) is 0 Å². The summed E-state index contributed by atoms with van der Waals surface area (Å²) in [7, 11) is 0. The number of carbonyl (C=O) groups is 2. The minimum atomic E-state index is -1.03. The predicted octanol–water partition coefficient (Wildman–Crippen LogP) is 2.65. The van der Waals surface area contributed by atoms with Crippen LogP contribution in [0.2, 0.25) is 0 Å². The second-order valence-electron chi connectivity index (χ2n) is 7.30. The van der Waals surface area contributed by atoms with Crippen LogP contribution in [0.3, 0.4) is 0 Å². The molecule has 26 heavy (non-hydrogen) atoms. The van der Waals surface area contributed by atoms with Gasteiger partial charge in [0.2, 0.25) is 0 Å². The maximum Gasteiger partial charge on any atom is 0.334 e. The number of carboxylic acid groups (broad SMARTS) is 1. The third-order valence-electron chi connectivity index (χ3n) is 5.12. The molecule has 4 rings (SSSR count). The van der Waals surface area contributed by atoms with E-state index in [1.54, 1.807) is 4.90 Å². The lowest BCUT2D eigenvalue weighted by molar-refractivity contribution is -0.154. The minimum Gasteiger partial charge on any atom is -0.479 e. The van der Waals surface area contributed by atoms with Crippen molar-refractivity contribution in [3.8, 4) is 0 Å². The summed E-state index contributed by atoms with van der Waals surface area (Å²) in [5, 5.41) is 10.0. The normalized spacial score (nSPS) is 20.4. The van der Waals surface area contributed by atoms with Gasteiger partial charge in [-0.25, -0.2) is 4.79 Å². The first-order chi connectivity index (χ1) is 12.4. The summed E-state index contributed by atoms with van der Waals surface area (Å²) in [5.74, 6) is -0.741. The summed E-state index contributed by atoms with van der Waals surface area (Å²) in [5.41, 5.74) is 4.59. The van der Waals surface area contributed by atoms with Crippen molar-refractivity contribution >= 4 is 22.8 Å². The summed E-state index contributed by atoms with van der Waals surface area (Å²) in [6.45, 7) is 4.73. The van der Waals surface area contributed by atoms with Crippen LogP contribution in [-0.2, 0) is 9.53 Å². The molecule has 2 heterocycles. The molecule has 6 heteroatoms. The zero-order valence-electron chi connectivity index (χ0n) is 15.0. The molecule has 1 aliphatic carbocycles. The van der Waals surface area contributed by atoms with Gasteiger partial charge in [0.1, 0.15) is 0 Å². The van der Waals surface area contributed by atoms with E-state index in [-0.39, 0.29) is 19.1 Å². The van der Waals surface area contributed by atoms with Crippen LogP contribution in [0.4, 0.5) is 0 Å². The molecule has 136 valence electrons. The molecule has 2 fully saturated rings. The average molecular weight is 354 g/mol. The molecule has 2 aliphatic rings. The Morgan fingerprint density at radius 2 is 2.00 bits per heavy atom. The fourth-order valence-electron chi connectivity index (χ4n) is 3.62. The number of carbonyl (C=O) groups excluding carboxylic acids is 1. The van der Waals surface area contributed by atoms with Gasteiger partial charge in [0.05, 0.1) is 24.2 Å². The highest BCUT2D eigenvalue weighted by Crippen LogP contribution is 2.40. The Kier molecular flexibility index (Phi) is 4.15. The van der Waals surface area contributed by atoms with Crippen LogP contribution >= 0.6 is 0 Å². The van der Waals surface area contributed by atoms with E-state index >= 15 is 0 Å². The number of nitrogens with zero attached hydrogens (tertiary/aromatic N) is 2. The third-order valence-corrected chi connectivity index (χ3v) is 5.12. The Bertz CT molecular complexity index is 904. The standard InChI is InChI=1S/C20H22N2O4/c1-11-7-12(2)18-14(8-11)15(9-16(21-18)13-3-4-13)19(23)22-5-6-26-17(10-22)20(24)25/h7-9,13,17H,3-6,10H2,1-2H3,(H,24,25)/t17-/m1/s1. The maximum atomic E-state index is 13.2. The maximum absolute atomic E-state index is 13.2. The van der Waals surface area contributed by atoms with Crippen LogP contribution in [-0.4, -0.2) is 52.7 Å². The molecule has 1 amide bonds. The topological polar surface area (TPSA) is 79.7 Å². The number of carboxylic acids is 1. The number of hydrogen-bond donors (Lipinski definition) is 1. The van der Waals surface area contributed by atoms with E-state index in [1.807, 2.05) is 26.0 Å². The number of aliphatic carboxylic acids is 1. The molecular formula is C20H22N2O4. The van der Waals surface area contributed by atoms with Gasteiger partial charge < -0.3 is 14.7 Å². The van der Waals surface area contributed by atoms with E-state index in [2.05, 4.69) is 6.07 Å². The number of aryl methyl sites for hydroxylation is 2. The number of aromatic nitrogens is 1. The largest absolute Gasteiger partial charge is 0.479 e. The van der Waals surface area contributed by atoms with Gasteiger partial charge in [0.25, 0.3) is 5.91 Å². The summed E-state index contributed by atoms with van der Waals surface area (Å²) in [4.78, 5) is 30.9. The Morgan fingerprint density at radius 1 is 1.23 bits per heavy atom. The van der Waals surface area contributed by atoms with E-state index in [0.717, 1.165) is 40.6 Å². The van der Waals surface area contributed by atoms with Gasteiger partial charge in [-0.1, -0.05) is 11.6 Å². The Morgan fingerprint density at radius 3 is 2.69 bits per heavy atom. The first kappa shape index (κ1) is 17.0. The molecule has 1 aromatic heterocycles. The third kappa shape index (κ3) is 3.05. The van der Waals surface area contributed by atoms with Crippen LogP contribution in [0.25, 0.3) is 10.9 Å². The number of morpholine rings is 1. The van der Waals surface area contributed by atoms with Crippen LogP contribution in [0.15, 0.2) is 18.2 Å². The van der Waals surface area contributed by atoms with Crippen LogP contribution < -0.4 is 0 Å². The fourth-order valence-corrected chi connectivity index (χ4v) is 3.62. The number of rotatable bonds is 3. The zero-order valence-corrected chi connectivity index (χ0v) is 15.0. The van der Waals surface area contributed by atoms with Crippen molar-refractivity contribution < 1.29 is 19.4 Å². The van der Waals surface area contributed by atoms with Crippen molar-refractivity contribution in [2.24, 2.45) is 0 Å². The van der Waals surface area contributed by atoms with Crippen LogP contribution in [0.5, 0.6) is 0 Å². The molecule has 1 saturated heterocycles. The summed E-state index contributed by atoms with van der Waals surface area (Å²) >= 11 is 0. The number of ether oxygens (including phenoxy) is 1. The number of pyridine rings is 1. The van der Waals surface area contributed by atoms with Crippen molar-refractivity contribution in [3.05, 3.63) is 40.6 Å². The van der Waals surface area contributed by atoms with Crippen molar-refractivity contribution in [2.45, 2.75) is 38.7 Å². The number of hydrogen-bond acceptors (Lipinski definition) is 4. The van der Waals surface area contributed by atoms with E-state index < -0.39 is 12.1 Å². The van der Waals surface area contributed by atoms with Gasteiger partial charge in [0.15, 0.2) is 6.10 Å². The second kappa shape index (κ2) is 6.36. The summed E-state index contributed by atoms with van der Waals surface area (Å²) in [6.07, 6.45) is 1.25. The molecule has 1 aromatic carbocycles. The van der Waals surface area contributed by atoms with Crippen LogP contribution in [0, 0.1) is 13.8 Å². The Balaban J connectivity index is 1.79. The van der Waals surface area contributed by atoms with E-state index in [1.165, 1.54) is 0 Å². The summed E-state index contributed by atoms with van der Waals surface area (Å²) in [6, 6.07) is 5.98. The second-order valence-corrected chi connectivity index (χ2v) is 7.30. The van der Waals surface area contributed by atoms with Gasteiger partial charge in [-0.3, -0.25) is 9.78 Å². The lowest BCUT2D eigenvalue weighted by Gasteiger charge is -2.31. The van der Waals surface area contributed by atoms with Gasteiger partial charge in [0, 0.05) is 23.5 Å². The molecule has 0 radical (unpaired) electrons. The zero-order chi connectivity index (χ0) is 18.4. The first-order valence-electron chi connectivity index (χ1n) is 8.99. The number of amides is 1. The lowest BCUT2D eigenvalue weighted by atomic mass is 9.99. The van der Waals surface area contributed by atoms with Gasteiger partial charge >= 0.3 is 5.97 Å². The van der Waals surface area contributed by atoms with Gasteiger partial charge in [-0.05, 0) is 44.4 Å². The lowest BCUT2D eigenvalue weighted by Crippen LogP contribution is -2.48. The molecule has 6 nitrogen and oxygen atoms in total. The van der Waals surface area contributed by atoms with Crippen LogP contribution in [0.1, 0.15) is 45.9 Å². The molecule has 0 bridgehead atoms. The van der Waals surface area contributed by atoms with E-state index in [0.29, 0.717) is 18.0 Å². The first-order valence-corrected chi connectivity index (χ1v) is 8.99. The molecule has 0 unspecified atom stereocenters. The highest BCUT2D eigenvalue weighted by molar-refractivity contribution is 6.07. The molecule has 2 aromatic rings. The Hall–Kier alpha value is -2.47. The number of benzene rings is 1.